The van der Waals surface area contributed by atoms with Crippen molar-refractivity contribution in [3.63, 3.8) is 0 Å². The molecule has 2 aromatic heterocycles. The van der Waals surface area contributed by atoms with E-state index in [1.807, 2.05) is 31.2 Å². The molecule has 0 radical (unpaired) electrons. The lowest BCUT2D eigenvalue weighted by atomic mass is 10.1. The van der Waals surface area contributed by atoms with Crippen molar-refractivity contribution in [2.75, 3.05) is 5.32 Å². The van der Waals surface area contributed by atoms with Gasteiger partial charge in [0.15, 0.2) is 10.8 Å². The first kappa shape index (κ1) is 27.3. The van der Waals surface area contributed by atoms with Gasteiger partial charge in [-0.05, 0) is 30.7 Å². The molecule has 0 unspecified atom stereocenters. The first-order valence-electron chi connectivity index (χ1n) is 11.9. The molecule has 2 heterocycles. The lowest BCUT2D eigenvalue weighted by molar-refractivity contribution is -0.137. The van der Waals surface area contributed by atoms with E-state index < -0.39 is 29.3 Å². The fraction of sp³-hybridized carbons (Fsp3) is 0.231. The number of nitrogens with zero attached hydrogens (tertiary/aromatic N) is 5. The topological polar surface area (TPSA) is 150 Å². The number of carboxylic acid groups (broad SMARTS) is 1. The van der Waals surface area contributed by atoms with Gasteiger partial charge >= 0.3 is 17.3 Å². The Morgan fingerprint density at radius 1 is 1.15 bits per heavy atom. The normalized spacial score (nSPS) is 12.9. The summed E-state index contributed by atoms with van der Waals surface area (Å²) in [6, 6.07) is 7.51. The zero-order valence-electron chi connectivity index (χ0n) is 21.1. The highest BCUT2D eigenvalue weighted by molar-refractivity contribution is 6.31. The summed E-state index contributed by atoms with van der Waals surface area (Å²) in [4.78, 5) is 53.1. The number of halogens is 1. The largest absolute Gasteiger partial charge is 0.481 e. The van der Waals surface area contributed by atoms with Gasteiger partial charge in [0.25, 0.3) is 5.56 Å². The Kier molecular flexibility index (Phi) is 8.25. The van der Waals surface area contributed by atoms with Crippen molar-refractivity contribution in [1.29, 1.82) is 0 Å². The molecule has 1 aliphatic rings. The number of aliphatic carboxylic acids is 1. The number of ether oxygens (including phenoxy) is 1. The van der Waals surface area contributed by atoms with Crippen LogP contribution in [0, 0.1) is 6.92 Å². The number of allylic oxidation sites excluding steroid dienone is 4. The van der Waals surface area contributed by atoms with Gasteiger partial charge in [-0.3, -0.25) is 14.2 Å². The molecule has 0 saturated carbocycles. The van der Waals surface area contributed by atoms with Crippen molar-refractivity contribution in [1.82, 2.24) is 23.9 Å². The molecule has 2 N–H and O–H groups in total. The molecular weight excluding hydrogens is 528 g/mol. The predicted molar refractivity (Wildman–Crippen MR) is 144 cm³/mol. The molecule has 3 aromatic rings. The maximum Gasteiger partial charge on any atom is 0.354 e. The second-order valence-electron chi connectivity index (χ2n) is 8.71. The number of hydrogen-bond donors (Lipinski definition) is 2. The van der Waals surface area contributed by atoms with Gasteiger partial charge < -0.3 is 15.2 Å². The number of benzene rings is 1. The Hall–Kier alpha value is -4.71. The van der Waals surface area contributed by atoms with Gasteiger partial charge in [-0.25, -0.2) is 18.8 Å². The van der Waals surface area contributed by atoms with Crippen molar-refractivity contribution >= 4 is 23.5 Å². The fourth-order valence-corrected chi connectivity index (χ4v) is 3.86. The maximum atomic E-state index is 13.3. The number of carboxylic acids is 1. The number of rotatable bonds is 9. The third-order valence-electron chi connectivity index (χ3n) is 5.78. The number of nitrogens with one attached hydrogen (secondary N) is 1. The molecule has 0 atom stereocenters. The van der Waals surface area contributed by atoms with Crippen LogP contribution in [0.15, 0.2) is 80.6 Å². The number of anilines is 1. The summed E-state index contributed by atoms with van der Waals surface area (Å²) >= 11 is 6.09. The molecule has 13 heteroatoms. The molecule has 0 spiro atoms. The average Bonchev–Trinajstić information content (AvgIpc) is 3.12. The molecule has 1 aliphatic carbocycles. The molecule has 12 nitrogen and oxygen atoms in total. The van der Waals surface area contributed by atoms with Gasteiger partial charge in [0.2, 0.25) is 5.95 Å². The Morgan fingerprint density at radius 3 is 2.62 bits per heavy atom. The van der Waals surface area contributed by atoms with Crippen LogP contribution in [0.4, 0.5) is 5.95 Å². The quantitative estimate of drug-likeness (QED) is 0.407. The first-order valence-corrected chi connectivity index (χ1v) is 12.2. The first-order chi connectivity index (χ1) is 18.6. The summed E-state index contributed by atoms with van der Waals surface area (Å²) in [6.45, 7) is 1.74. The maximum absolute atomic E-state index is 13.3. The summed E-state index contributed by atoms with van der Waals surface area (Å²) in [5.74, 6) is -0.660. The summed E-state index contributed by atoms with van der Waals surface area (Å²) < 4.78 is 8.92. The van der Waals surface area contributed by atoms with E-state index in [9.17, 15) is 19.2 Å². The fourth-order valence-electron chi connectivity index (χ4n) is 3.65. The Labute approximate surface area is 226 Å². The van der Waals surface area contributed by atoms with Gasteiger partial charge in [0, 0.05) is 25.7 Å². The molecular formula is C26H25ClN6O6. The minimum atomic E-state index is -1.14. The summed E-state index contributed by atoms with van der Waals surface area (Å²) in [5, 5.41) is 15.9. The lowest BCUT2D eigenvalue weighted by Crippen LogP contribution is -2.43. The summed E-state index contributed by atoms with van der Waals surface area (Å²) in [5.41, 5.74) is 0.381. The zero-order chi connectivity index (χ0) is 28.1. The molecule has 0 aliphatic heterocycles. The van der Waals surface area contributed by atoms with Crippen LogP contribution < -0.4 is 27.0 Å². The molecule has 0 saturated heterocycles. The molecule has 1 aromatic carbocycles. The molecule has 0 bridgehead atoms. The van der Waals surface area contributed by atoms with Crippen LogP contribution in [0.3, 0.4) is 0 Å². The average molecular weight is 553 g/mol. The van der Waals surface area contributed by atoms with Crippen molar-refractivity contribution in [2.24, 2.45) is 7.05 Å². The zero-order valence-corrected chi connectivity index (χ0v) is 21.9. The second kappa shape index (κ2) is 11.8. The van der Waals surface area contributed by atoms with Gasteiger partial charge in [-0.2, -0.15) is 10.1 Å². The monoisotopic (exact) mass is 552 g/mol. The van der Waals surface area contributed by atoms with E-state index in [4.69, 9.17) is 21.4 Å². The van der Waals surface area contributed by atoms with Gasteiger partial charge in [0.1, 0.15) is 5.76 Å². The predicted octanol–water partition coefficient (Wildman–Crippen LogP) is 2.20. The minimum Gasteiger partial charge on any atom is -0.481 e. The summed E-state index contributed by atoms with van der Waals surface area (Å²) in [6.07, 6.45) is 8.05. The highest BCUT2D eigenvalue weighted by Gasteiger charge is 2.16. The van der Waals surface area contributed by atoms with Crippen molar-refractivity contribution in [2.45, 2.75) is 32.9 Å². The van der Waals surface area contributed by atoms with Gasteiger partial charge in [-0.15, -0.1) is 0 Å². The van der Waals surface area contributed by atoms with E-state index in [2.05, 4.69) is 15.4 Å². The highest BCUT2D eigenvalue weighted by atomic mass is 35.5. The van der Waals surface area contributed by atoms with Crippen LogP contribution in [-0.2, 0) is 24.9 Å². The Balaban J connectivity index is 1.66. The van der Waals surface area contributed by atoms with E-state index in [1.54, 1.807) is 24.3 Å². The number of aryl methyl sites for hydroxylation is 2. The van der Waals surface area contributed by atoms with Crippen LogP contribution >= 0.6 is 11.6 Å². The minimum absolute atomic E-state index is 0.00775. The van der Waals surface area contributed by atoms with E-state index in [1.165, 1.54) is 17.8 Å². The van der Waals surface area contributed by atoms with E-state index in [0.717, 1.165) is 20.4 Å². The highest BCUT2D eigenvalue weighted by Crippen LogP contribution is 2.23. The van der Waals surface area contributed by atoms with Crippen LogP contribution in [0.5, 0.6) is 5.75 Å². The van der Waals surface area contributed by atoms with Crippen LogP contribution in [0.1, 0.15) is 24.0 Å². The van der Waals surface area contributed by atoms with Crippen molar-refractivity contribution < 1.29 is 14.6 Å². The van der Waals surface area contributed by atoms with Crippen LogP contribution in [-0.4, -0.2) is 35.0 Å². The molecule has 0 amide bonds. The third-order valence-corrected chi connectivity index (χ3v) is 6.12. The Bertz CT molecular complexity index is 1680. The Morgan fingerprint density at radius 2 is 1.90 bits per heavy atom. The molecule has 39 heavy (non-hydrogen) atoms. The molecule has 0 fully saturated rings. The van der Waals surface area contributed by atoms with Crippen LogP contribution in [0.25, 0.3) is 0 Å². The van der Waals surface area contributed by atoms with E-state index in [0.29, 0.717) is 17.9 Å². The van der Waals surface area contributed by atoms with E-state index in [-0.39, 0.29) is 29.8 Å². The van der Waals surface area contributed by atoms with Gasteiger partial charge in [0.05, 0.1) is 19.2 Å². The van der Waals surface area contributed by atoms with Crippen LogP contribution in [0.2, 0.25) is 5.02 Å². The van der Waals surface area contributed by atoms with Crippen molar-refractivity contribution in [3.05, 3.63) is 114 Å². The number of aromatic nitrogens is 5. The standard InChI is InChI=1S/C26H25ClN6O6/c1-16-6-8-17(9-7-16)15-33-24(30-25(37)32(26(33)38)13-12-21(34)35)29-18-4-3-5-19(11-10-18)39-20-14-28-31(2)23(36)22(20)27/h3,5-11,14H,4,12-13,15H2,1-2H3,(H,34,35)(H,29,30,37). The van der Waals surface area contributed by atoms with E-state index >= 15 is 0 Å². The number of carbonyl (C=O) groups is 1. The number of hydrogen-bond acceptors (Lipinski definition) is 8. The second-order valence-corrected chi connectivity index (χ2v) is 9.09. The molecule has 4 rings (SSSR count). The molecule has 202 valence electrons. The van der Waals surface area contributed by atoms with Crippen molar-refractivity contribution in [3.8, 4) is 5.75 Å². The lowest BCUT2D eigenvalue weighted by Gasteiger charge is -2.16. The SMILES string of the molecule is Cc1ccc(Cn2c(NC3=CC=C(Oc4cnn(C)c(=O)c4Cl)C=CC3)nc(=O)n(CCC(=O)O)c2=O)cc1. The van der Waals surface area contributed by atoms with Gasteiger partial charge in [-0.1, -0.05) is 47.5 Å². The third kappa shape index (κ3) is 6.60. The smallest absolute Gasteiger partial charge is 0.354 e. The summed E-state index contributed by atoms with van der Waals surface area (Å²) in [7, 11) is 1.47.